The molecule has 3 aromatic rings. The first-order chi connectivity index (χ1) is 13.3. The molecule has 154 valence electrons. The SMILES string of the molecule is CCc1ccc(C2CNCCN2C(=O)c2csc(-c3cnccn3)n2)cc1.Cl.Cl. The number of nitrogens with one attached hydrogen (secondary N) is 1. The Balaban J connectivity index is 0.00000150. The second kappa shape index (κ2) is 10.6. The van der Waals surface area contributed by atoms with Crippen molar-refractivity contribution in [1.82, 2.24) is 25.2 Å². The molecule has 1 unspecified atom stereocenters. The molecule has 0 aliphatic carbocycles. The monoisotopic (exact) mass is 451 g/mol. The molecule has 0 bridgehead atoms. The molecule has 2 aromatic heterocycles. The molecule has 1 aromatic carbocycles. The average Bonchev–Trinajstić information content (AvgIpc) is 3.24. The van der Waals surface area contributed by atoms with E-state index in [1.807, 2.05) is 10.3 Å². The number of benzene rings is 1. The van der Waals surface area contributed by atoms with Crippen LogP contribution in [-0.4, -0.2) is 45.4 Å². The molecule has 0 spiro atoms. The zero-order valence-electron chi connectivity index (χ0n) is 15.9. The first-order valence-corrected chi connectivity index (χ1v) is 9.96. The molecular formula is C20H23Cl2N5OS. The van der Waals surface area contributed by atoms with E-state index in [9.17, 15) is 4.79 Å². The van der Waals surface area contributed by atoms with Gasteiger partial charge in [-0.2, -0.15) is 0 Å². The van der Waals surface area contributed by atoms with Gasteiger partial charge in [0.1, 0.15) is 16.4 Å². The van der Waals surface area contributed by atoms with Crippen molar-refractivity contribution in [3.63, 3.8) is 0 Å². The van der Waals surface area contributed by atoms with E-state index in [1.54, 1.807) is 18.6 Å². The Hall–Kier alpha value is -2.06. The van der Waals surface area contributed by atoms with Gasteiger partial charge in [-0.1, -0.05) is 31.2 Å². The maximum Gasteiger partial charge on any atom is 0.273 e. The molecule has 1 aliphatic rings. The summed E-state index contributed by atoms with van der Waals surface area (Å²) in [4.78, 5) is 27.9. The number of hydrogen-bond donors (Lipinski definition) is 1. The van der Waals surface area contributed by atoms with Gasteiger partial charge in [0, 0.05) is 37.4 Å². The van der Waals surface area contributed by atoms with Crippen molar-refractivity contribution in [3.05, 3.63) is 65.1 Å². The van der Waals surface area contributed by atoms with Crippen LogP contribution >= 0.6 is 36.2 Å². The summed E-state index contributed by atoms with van der Waals surface area (Å²) in [5, 5.41) is 5.92. The van der Waals surface area contributed by atoms with Gasteiger partial charge in [0.15, 0.2) is 0 Å². The lowest BCUT2D eigenvalue weighted by molar-refractivity contribution is 0.0629. The summed E-state index contributed by atoms with van der Waals surface area (Å²) in [6, 6.07) is 8.55. The maximum atomic E-state index is 13.2. The molecule has 1 fully saturated rings. The molecule has 4 rings (SSSR count). The summed E-state index contributed by atoms with van der Waals surface area (Å²) in [6.07, 6.45) is 5.93. The lowest BCUT2D eigenvalue weighted by Crippen LogP contribution is -2.48. The predicted octanol–water partition coefficient (Wildman–Crippen LogP) is 3.79. The molecule has 1 amide bonds. The molecule has 1 aliphatic heterocycles. The van der Waals surface area contributed by atoms with Gasteiger partial charge in [0.25, 0.3) is 5.91 Å². The number of piperazine rings is 1. The van der Waals surface area contributed by atoms with Gasteiger partial charge < -0.3 is 10.2 Å². The van der Waals surface area contributed by atoms with Crippen molar-refractivity contribution >= 4 is 42.1 Å². The van der Waals surface area contributed by atoms with Crippen LogP contribution in [0.5, 0.6) is 0 Å². The molecule has 9 heteroatoms. The van der Waals surface area contributed by atoms with Crippen LogP contribution in [0, 0.1) is 0 Å². The maximum absolute atomic E-state index is 13.2. The Morgan fingerprint density at radius 1 is 1.24 bits per heavy atom. The predicted molar refractivity (Wildman–Crippen MR) is 120 cm³/mol. The lowest BCUT2D eigenvalue weighted by atomic mass is 10.0. The van der Waals surface area contributed by atoms with Gasteiger partial charge in [-0.05, 0) is 17.5 Å². The summed E-state index contributed by atoms with van der Waals surface area (Å²) in [7, 11) is 0. The van der Waals surface area contributed by atoms with Gasteiger partial charge in [0.2, 0.25) is 0 Å². The van der Waals surface area contributed by atoms with Crippen molar-refractivity contribution in [2.45, 2.75) is 19.4 Å². The van der Waals surface area contributed by atoms with Gasteiger partial charge in [-0.3, -0.25) is 14.8 Å². The minimum Gasteiger partial charge on any atom is -0.328 e. The summed E-state index contributed by atoms with van der Waals surface area (Å²) in [5.41, 5.74) is 3.61. The molecule has 3 heterocycles. The minimum absolute atomic E-state index is 0. The highest BCUT2D eigenvalue weighted by Gasteiger charge is 2.30. The van der Waals surface area contributed by atoms with E-state index < -0.39 is 0 Å². The number of carbonyl (C=O) groups is 1. The third-order valence-electron chi connectivity index (χ3n) is 4.78. The number of halogens is 2. The highest BCUT2D eigenvalue weighted by atomic mass is 35.5. The van der Waals surface area contributed by atoms with E-state index in [2.05, 4.69) is 51.5 Å². The molecule has 0 saturated carbocycles. The molecule has 1 atom stereocenters. The number of hydrogen-bond acceptors (Lipinski definition) is 6. The minimum atomic E-state index is -0.0348. The summed E-state index contributed by atoms with van der Waals surface area (Å²) < 4.78 is 0. The number of amides is 1. The fourth-order valence-electron chi connectivity index (χ4n) is 3.27. The van der Waals surface area contributed by atoms with Crippen LogP contribution in [-0.2, 0) is 6.42 Å². The van der Waals surface area contributed by atoms with E-state index in [-0.39, 0.29) is 36.8 Å². The summed E-state index contributed by atoms with van der Waals surface area (Å²) in [6.45, 7) is 4.34. The van der Waals surface area contributed by atoms with E-state index in [0.29, 0.717) is 22.9 Å². The second-order valence-electron chi connectivity index (χ2n) is 6.44. The quantitative estimate of drug-likeness (QED) is 0.652. The normalized spacial score (nSPS) is 15.9. The molecule has 0 radical (unpaired) electrons. The lowest BCUT2D eigenvalue weighted by Gasteiger charge is -2.36. The third kappa shape index (κ3) is 5.11. The Labute approximate surface area is 186 Å². The Morgan fingerprint density at radius 2 is 2.03 bits per heavy atom. The van der Waals surface area contributed by atoms with Gasteiger partial charge >= 0.3 is 0 Å². The molecule has 6 nitrogen and oxygen atoms in total. The van der Waals surface area contributed by atoms with Crippen molar-refractivity contribution in [2.24, 2.45) is 0 Å². The summed E-state index contributed by atoms with van der Waals surface area (Å²) in [5.74, 6) is -0.0348. The number of aryl methyl sites for hydroxylation is 1. The fraction of sp³-hybridized carbons (Fsp3) is 0.300. The van der Waals surface area contributed by atoms with Gasteiger partial charge in [-0.15, -0.1) is 36.2 Å². The Bertz CT molecular complexity index is 920. The largest absolute Gasteiger partial charge is 0.328 e. The number of nitrogens with zero attached hydrogens (tertiary/aromatic N) is 4. The van der Waals surface area contributed by atoms with E-state index in [4.69, 9.17) is 0 Å². The van der Waals surface area contributed by atoms with Crippen LogP contribution in [0.15, 0.2) is 48.2 Å². The van der Waals surface area contributed by atoms with Crippen LogP contribution in [0.25, 0.3) is 10.7 Å². The van der Waals surface area contributed by atoms with Crippen molar-refractivity contribution in [2.75, 3.05) is 19.6 Å². The topological polar surface area (TPSA) is 71.0 Å². The standard InChI is InChI=1S/C20H21N5OS.2ClH/c1-2-14-3-5-15(6-4-14)18-12-22-9-10-25(18)20(26)17-13-27-19(24-17)16-11-21-7-8-23-16;;/h3-8,11,13,18,22H,2,9-10,12H2,1H3;2*1H. The molecule has 1 N–H and O–H groups in total. The number of aromatic nitrogens is 3. The molecule has 29 heavy (non-hydrogen) atoms. The first-order valence-electron chi connectivity index (χ1n) is 9.08. The van der Waals surface area contributed by atoms with Crippen LogP contribution in [0.4, 0.5) is 0 Å². The zero-order chi connectivity index (χ0) is 18.6. The van der Waals surface area contributed by atoms with Crippen LogP contribution in [0.1, 0.15) is 34.6 Å². The van der Waals surface area contributed by atoms with Crippen molar-refractivity contribution in [3.8, 4) is 10.7 Å². The van der Waals surface area contributed by atoms with Crippen LogP contribution in [0.3, 0.4) is 0 Å². The average molecular weight is 452 g/mol. The number of carbonyl (C=O) groups excluding carboxylic acids is 1. The van der Waals surface area contributed by atoms with Crippen LogP contribution < -0.4 is 5.32 Å². The van der Waals surface area contributed by atoms with Crippen molar-refractivity contribution < 1.29 is 4.79 Å². The Morgan fingerprint density at radius 3 is 2.72 bits per heavy atom. The second-order valence-corrected chi connectivity index (χ2v) is 7.30. The summed E-state index contributed by atoms with van der Waals surface area (Å²) >= 11 is 1.42. The van der Waals surface area contributed by atoms with E-state index >= 15 is 0 Å². The molecular weight excluding hydrogens is 429 g/mol. The smallest absolute Gasteiger partial charge is 0.273 e. The molecule has 1 saturated heterocycles. The zero-order valence-corrected chi connectivity index (χ0v) is 18.4. The number of rotatable bonds is 4. The van der Waals surface area contributed by atoms with Crippen LogP contribution in [0.2, 0.25) is 0 Å². The van der Waals surface area contributed by atoms with Gasteiger partial charge in [-0.25, -0.2) is 4.98 Å². The van der Waals surface area contributed by atoms with Crippen molar-refractivity contribution in [1.29, 1.82) is 0 Å². The number of thiazole rings is 1. The highest BCUT2D eigenvalue weighted by molar-refractivity contribution is 7.13. The third-order valence-corrected chi connectivity index (χ3v) is 5.65. The van der Waals surface area contributed by atoms with E-state index in [0.717, 1.165) is 25.1 Å². The van der Waals surface area contributed by atoms with Gasteiger partial charge in [0.05, 0.1) is 12.2 Å². The Kier molecular flexibility index (Phi) is 8.52. The first kappa shape index (κ1) is 23.2. The van der Waals surface area contributed by atoms with E-state index in [1.165, 1.54) is 16.9 Å². The highest BCUT2D eigenvalue weighted by Crippen LogP contribution is 2.27. The fourth-order valence-corrected chi connectivity index (χ4v) is 4.02.